The molecular formula is C18H31NO3. The second kappa shape index (κ2) is 8.35. The van der Waals surface area contributed by atoms with Gasteiger partial charge in [-0.15, -0.1) is 0 Å². The van der Waals surface area contributed by atoms with E-state index in [0.717, 1.165) is 19.3 Å². The molecule has 0 heterocycles. The Balaban J connectivity index is 2.71. The van der Waals surface area contributed by atoms with Crippen LogP contribution in [0, 0.1) is 11.3 Å². The van der Waals surface area contributed by atoms with Gasteiger partial charge in [0, 0.05) is 18.5 Å². The van der Waals surface area contributed by atoms with Crippen LogP contribution < -0.4 is 0 Å². The molecule has 0 radical (unpaired) electrons. The number of carbonyl (C=O) groups excluding carboxylic acids is 2. The highest BCUT2D eigenvalue weighted by molar-refractivity contribution is 5.82. The number of amides is 1. The van der Waals surface area contributed by atoms with Crippen molar-refractivity contribution in [3.63, 3.8) is 0 Å². The second-order valence-electron chi connectivity index (χ2n) is 7.28. The number of esters is 1. The molecule has 126 valence electrons. The van der Waals surface area contributed by atoms with Gasteiger partial charge in [-0.3, -0.25) is 9.59 Å². The topological polar surface area (TPSA) is 46.6 Å². The Hall–Kier alpha value is -1.32. The van der Waals surface area contributed by atoms with Gasteiger partial charge in [0.2, 0.25) is 5.91 Å². The molecule has 0 spiro atoms. The van der Waals surface area contributed by atoms with Crippen molar-refractivity contribution in [1.29, 1.82) is 0 Å². The van der Waals surface area contributed by atoms with Crippen molar-refractivity contribution >= 4 is 11.9 Å². The SMILES string of the molecule is COC(=O)C(C)CN(CCC1=CCCCC1)C(=O)C(C)(C)C. The molecule has 4 nitrogen and oxygen atoms in total. The van der Waals surface area contributed by atoms with Gasteiger partial charge in [-0.05, 0) is 32.1 Å². The lowest BCUT2D eigenvalue weighted by atomic mass is 9.93. The molecular weight excluding hydrogens is 278 g/mol. The Morgan fingerprint density at radius 3 is 2.50 bits per heavy atom. The van der Waals surface area contributed by atoms with Crippen LogP contribution in [0.2, 0.25) is 0 Å². The second-order valence-corrected chi connectivity index (χ2v) is 7.28. The summed E-state index contributed by atoms with van der Waals surface area (Å²) in [6.45, 7) is 8.69. The minimum atomic E-state index is -0.434. The number of carbonyl (C=O) groups is 2. The van der Waals surface area contributed by atoms with Gasteiger partial charge in [0.25, 0.3) is 0 Å². The average Bonchev–Trinajstić information content (AvgIpc) is 2.49. The summed E-state index contributed by atoms with van der Waals surface area (Å²) >= 11 is 0. The quantitative estimate of drug-likeness (QED) is 0.557. The molecule has 0 aromatic heterocycles. The predicted octanol–water partition coefficient (Wildman–Crippen LogP) is 3.56. The number of ether oxygens (including phenoxy) is 1. The largest absolute Gasteiger partial charge is 0.469 e. The normalized spacial score (nSPS) is 16.7. The third-order valence-corrected chi connectivity index (χ3v) is 4.11. The van der Waals surface area contributed by atoms with Gasteiger partial charge in [-0.25, -0.2) is 0 Å². The molecule has 0 aliphatic heterocycles. The molecule has 0 aromatic rings. The van der Waals surface area contributed by atoms with Crippen LogP contribution in [0.3, 0.4) is 0 Å². The first-order valence-electron chi connectivity index (χ1n) is 8.30. The van der Waals surface area contributed by atoms with Gasteiger partial charge >= 0.3 is 5.97 Å². The summed E-state index contributed by atoms with van der Waals surface area (Å²) in [5.41, 5.74) is 1.01. The first kappa shape index (κ1) is 18.7. The van der Waals surface area contributed by atoms with E-state index >= 15 is 0 Å². The molecule has 22 heavy (non-hydrogen) atoms. The third kappa shape index (κ3) is 5.82. The molecule has 0 aromatic carbocycles. The highest BCUT2D eigenvalue weighted by Gasteiger charge is 2.29. The van der Waals surface area contributed by atoms with E-state index in [4.69, 9.17) is 4.74 Å². The summed E-state index contributed by atoms with van der Waals surface area (Å²) in [7, 11) is 1.39. The number of hydrogen-bond acceptors (Lipinski definition) is 3. The van der Waals surface area contributed by atoms with E-state index in [1.54, 1.807) is 0 Å². The molecule has 4 heteroatoms. The summed E-state index contributed by atoms with van der Waals surface area (Å²) in [5, 5.41) is 0. The predicted molar refractivity (Wildman–Crippen MR) is 88.4 cm³/mol. The van der Waals surface area contributed by atoms with Crippen LogP contribution in [0.1, 0.15) is 59.8 Å². The summed E-state index contributed by atoms with van der Waals surface area (Å²) in [4.78, 5) is 26.1. The van der Waals surface area contributed by atoms with Crippen LogP contribution in [0.25, 0.3) is 0 Å². The average molecular weight is 309 g/mol. The van der Waals surface area contributed by atoms with Crippen LogP contribution in [-0.4, -0.2) is 37.0 Å². The first-order chi connectivity index (χ1) is 10.3. The molecule has 1 aliphatic carbocycles. The number of methoxy groups -OCH3 is 1. The highest BCUT2D eigenvalue weighted by Crippen LogP contribution is 2.23. The Bertz CT molecular complexity index is 421. The zero-order valence-corrected chi connectivity index (χ0v) is 14.8. The van der Waals surface area contributed by atoms with Gasteiger partial charge in [0.1, 0.15) is 0 Å². The van der Waals surface area contributed by atoms with Crippen molar-refractivity contribution in [1.82, 2.24) is 4.90 Å². The van der Waals surface area contributed by atoms with Crippen molar-refractivity contribution in [2.24, 2.45) is 11.3 Å². The van der Waals surface area contributed by atoms with E-state index < -0.39 is 5.41 Å². The maximum Gasteiger partial charge on any atom is 0.310 e. The van der Waals surface area contributed by atoms with Crippen molar-refractivity contribution in [3.8, 4) is 0 Å². The first-order valence-corrected chi connectivity index (χ1v) is 8.30. The molecule has 1 aliphatic rings. The Morgan fingerprint density at radius 2 is 2.00 bits per heavy atom. The van der Waals surface area contributed by atoms with E-state index in [2.05, 4.69) is 6.08 Å². The van der Waals surface area contributed by atoms with E-state index in [-0.39, 0.29) is 17.8 Å². The van der Waals surface area contributed by atoms with E-state index in [9.17, 15) is 9.59 Å². The van der Waals surface area contributed by atoms with Crippen LogP contribution in [0.4, 0.5) is 0 Å². The van der Waals surface area contributed by atoms with Gasteiger partial charge in [-0.2, -0.15) is 0 Å². The molecule has 1 amide bonds. The van der Waals surface area contributed by atoms with Crippen molar-refractivity contribution in [3.05, 3.63) is 11.6 Å². The lowest BCUT2D eigenvalue weighted by Gasteiger charge is -2.31. The zero-order valence-electron chi connectivity index (χ0n) is 14.8. The standard InChI is InChI=1S/C18H31NO3/c1-14(16(20)22-5)13-19(17(21)18(2,3)4)12-11-15-9-7-6-8-10-15/h9,14H,6-8,10-13H2,1-5H3. The van der Waals surface area contributed by atoms with Gasteiger partial charge in [0.15, 0.2) is 0 Å². The van der Waals surface area contributed by atoms with Crippen LogP contribution in [-0.2, 0) is 14.3 Å². The van der Waals surface area contributed by atoms with E-state index in [0.29, 0.717) is 13.1 Å². The molecule has 0 N–H and O–H groups in total. The summed E-state index contributed by atoms with van der Waals surface area (Å²) in [6.07, 6.45) is 8.04. The minimum Gasteiger partial charge on any atom is -0.469 e. The number of nitrogens with zero attached hydrogens (tertiary/aromatic N) is 1. The molecule has 1 unspecified atom stereocenters. The molecule has 1 atom stereocenters. The van der Waals surface area contributed by atoms with Gasteiger partial charge in [-0.1, -0.05) is 39.3 Å². The van der Waals surface area contributed by atoms with Crippen LogP contribution in [0.15, 0.2) is 11.6 Å². The Labute approximate surface area is 134 Å². The van der Waals surface area contributed by atoms with Crippen LogP contribution >= 0.6 is 0 Å². The molecule has 1 rings (SSSR count). The smallest absolute Gasteiger partial charge is 0.310 e. The van der Waals surface area contributed by atoms with Crippen molar-refractivity contribution < 1.29 is 14.3 Å². The fourth-order valence-electron chi connectivity index (χ4n) is 2.77. The lowest BCUT2D eigenvalue weighted by Crippen LogP contribution is -2.43. The minimum absolute atomic E-state index is 0.0969. The molecule has 0 saturated heterocycles. The maximum absolute atomic E-state index is 12.6. The van der Waals surface area contributed by atoms with Crippen LogP contribution in [0.5, 0.6) is 0 Å². The summed E-state index contributed by atoms with van der Waals surface area (Å²) in [6, 6.07) is 0. The van der Waals surface area contributed by atoms with E-state index in [1.165, 1.54) is 25.5 Å². The monoisotopic (exact) mass is 309 g/mol. The van der Waals surface area contributed by atoms with Crippen molar-refractivity contribution in [2.75, 3.05) is 20.2 Å². The molecule has 0 bridgehead atoms. The zero-order chi connectivity index (χ0) is 16.8. The summed E-state index contributed by atoms with van der Waals surface area (Å²) in [5.74, 6) is -0.458. The number of rotatable bonds is 6. The van der Waals surface area contributed by atoms with E-state index in [1.807, 2.05) is 32.6 Å². The maximum atomic E-state index is 12.6. The number of allylic oxidation sites excluding steroid dienone is 1. The fourth-order valence-corrected chi connectivity index (χ4v) is 2.77. The number of hydrogen-bond donors (Lipinski definition) is 0. The lowest BCUT2D eigenvalue weighted by molar-refractivity contribution is -0.148. The molecule has 0 fully saturated rings. The fraction of sp³-hybridized carbons (Fsp3) is 0.778. The summed E-state index contributed by atoms with van der Waals surface area (Å²) < 4.78 is 4.78. The van der Waals surface area contributed by atoms with Crippen molar-refractivity contribution in [2.45, 2.75) is 59.8 Å². The Kier molecular flexibility index (Phi) is 7.11. The highest BCUT2D eigenvalue weighted by atomic mass is 16.5. The Morgan fingerprint density at radius 1 is 1.32 bits per heavy atom. The van der Waals surface area contributed by atoms with Gasteiger partial charge in [0.05, 0.1) is 13.0 Å². The molecule has 0 saturated carbocycles. The van der Waals surface area contributed by atoms with Gasteiger partial charge < -0.3 is 9.64 Å². The third-order valence-electron chi connectivity index (χ3n) is 4.11.